The van der Waals surface area contributed by atoms with E-state index in [0.717, 1.165) is 20.9 Å². The number of fused-ring (bicyclic) bond motifs is 4. The third-order valence-electron chi connectivity index (χ3n) is 10.1. The van der Waals surface area contributed by atoms with Crippen molar-refractivity contribution in [1.29, 1.82) is 0 Å². The fraction of sp³-hybridized carbons (Fsp3) is 0.297. The van der Waals surface area contributed by atoms with Crippen LogP contribution in [0.5, 0.6) is 23.0 Å². The molecule has 0 saturated heterocycles. The molecule has 4 aliphatic heterocycles. The number of amides is 2. The number of rotatable bonds is 12. The standard InChI is InChI=1S/C37H36N4O12S4/c1-50-28-14-22-24(38-34(56(44,45)46)26-12-20(18-40(26)36(22)42)32-6-3-10-54-32)16-30(28)52-8-5-9-53-31-17-25-23(15-29(31)51-2)37(43)41-19-21(33-7-4-11-55-33)13-27(41)35(39-25)57(47,48)49/h3-4,6-7,10-11,14-19,26-27,34-35,38-39H,5,8-9,12-13H2,1-2H3,(H,44,45,46)(H,47,48,49)/t26-,27-,34?,35?/m0/s1. The summed E-state index contributed by atoms with van der Waals surface area (Å²) in [7, 11) is -6.57. The van der Waals surface area contributed by atoms with Crippen LogP contribution in [0, 0.1) is 0 Å². The SMILES string of the molecule is COc1cc2c(cc1OCCCOc1cc3c(cc1OC)C(=O)N1C=C(c4cccs4)C[C@H]1C(S(=O)(=O)O)N3)NC(S(=O)(=O)O)[C@@H]1CC(c3cccs3)=CN1C2=O. The molecule has 0 bridgehead atoms. The van der Waals surface area contributed by atoms with Crippen LogP contribution in [0.25, 0.3) is 11.1 Å². The molecular weight excluding hydrogens is 821 g/mol. The summed E-state index contributed by atoms with van der Waals surface area (Å²) in [5.74, 6) is -0.146. The first kappa shape index (κ1) is 38.7. The molecule has 0 saturated carbocycles. The fourth-order valence-electron chi connectivity index (χ4n) is 7.46. The van der Waals surface area contributed by atoms with Crippen molar-refractivity contribution in [3.8, 4) is 23.0 Å². The van der Waals surface area contributed by atoms with E-state index in [1.54, 1.807) is 12.4 Å². The minimum Gasteiger partial charge on any atom is -0.493 e. The topological polar surface area (TPSA) is 210 Å². The highest BCUT2D eigenvalue weighted by atomic mass is 32.2. The average Bonchev–Trinajstić information content (AvgIpc) is 4.00. The number of hydrogen-bond donors (Lipinski definition) is 4. The van der Waals surface area contributed by atoms with Crippen molar-refractivity contribution in [2.24, 2.45) is 0 Å². The average molecular weight is 857 g/mol. The molecule has 2 aromatic heterocycles. The number of ether oxygens (including phenoxy) is 4. The van der Waals surface area contributed by atoms with Crippen molar-refractivity contribution >= 4 is 77.2 Å². The minimum atomic E-state index is -4.69. The molecule has 2 amide bonds. The maximum atomic E-state index is 13.8. The summed E-state index contributed by atoms with van der Waals surface area (Å²) < 4.78 is 94.3. The highest BCUT2D eigenvalue weighted by Gasteiger charge is 2.47. The molecule has 0 spiro atoms. The van der Waals surface area contributed by atoms with Gasteiger partial charge in [-0.1, -0.05) is 12.1 Å². The Morgan fingerprint density at radius 2 is 1.11 bits per heavy atom. The van der Waals surface area contributed by atoms with Gasteiger partial charge in [-0.25, -0.2) is 0 Å². The molecule has 4 atom stereocenters. The Bertz CT molecular complexity index is 2350. The first-order valence-electron chi connectivity index (χ1n) is 17.5. The number of methoxy groups -OCH3 is 2. The van der Waals surface area contributed by atoms with E-state index in [1.165, 1.54) is 71.0 Å². The van der Waals surface area contributed by atoms with Gasteiger partial charge in [0.2, 0.25) is 0 Å². The van der Waals surface area contributed by atoms with E-state index in [0.29, 0.717) is 6.42 Å². The van der Waals surface area contributed by atoms with Crippen molar-refractivity contribution in [1.82, 2.24) is 9.80 Å². The first-order valence-corrected chi connectivity index (χ1v) is 22.3. The summed E-state index contributed by atoms with van der Waals surface area (Å²) in [4.78, 5) is 32.1. The lowest BCUT2D eigenvalue weighted by atomic mass is 10.1. The van der Waals surface area contributed by atoms with E-state index in [4.69, 9.17) is 18.9 Å². The molecule has 0 fully saturated rings. The van der Waals surface area contributed by atoms with Crippen molar-refractivity contribution in [2.45, 2.75) is 42.1 Å². The van der Waals surface area contributed by atoms with Gasteiger partial charge in [0, 0.05) is 40.7 Å². The van der Waals surface area contributed by atoms with E-state index in [1.807, 2.05) is 35.0 Å². The van der Waals surface area contributed by atoms with Gasteiger partial charge in [0.05, 0.1) is 62.0 Å². The Hall–Kier alpha value is -5.12. The van der Waals surface area contributed by atoms with Gasteiger partial charge in [0.25, 0.3) is 32.1 Å². The lowest BCUT2D eigenvalue weighted by molar-refractivity contribution is 0.0782. The number of thiophene rings is 2. The normalized spacial score (nSPS) is 21.5. The third-order valence-corrected chi connectivity index (χ3v) is 14.2. The van der Waals surface area contributed by atoms with Crippen LogP contribution < -0.4 is 29.6 Å². The van der Waals surface area contributed by atoms with Crippen LogP contribution in [-0.2, 0) is 20.2 Å². The van der Waals surface area contributed by atoms with Gasteiger partial charge in [-0.2, -0.15) is 16.8 Å². The summed E-state index contributed by atoms with van der Waals surface area (Å²) in [6.07, 6.45) is 3.93. The van der Waals surface area contributed by atoms with Crippen LogP contribution in [0.1, 0.15) is 49.7 Å². The molecule has 57 heavy (non-hydrogen) atoms. The largest absolute Gasteiger partial charge is 0.493 e. The summed E-state index contributed by atoms with van der Waals surface area (Å²) >= 11 is 2.92. The molecule has 0 aliphatic carbocycles. The van der Waals surface area contributed by atoms with Crippen molar-refractivity contribution in [3.05, 3.63) is 92.6 Å². The van der Waals surface area contributed by atoms with Crippen molar-refractivity contribution in [3.63, 3.8) is 0 Å². The number of hydrogen-bond acceptors (Lipinski definition) is 14. The van der Waals surface area contributed by atoms with Crippen molar-refractivity contribution in [2.75, 3.05) is 38.1 Å². The molecule has 6 heterocycles. The molecule has 2 unspecified atom stereocenters. The Morgan fingerprint density at radius 1 is 0.684 bits per heavy atom. The minimum absolute atomic E-state index is 0.0663. The number of carbonyl (C=O) groups excluding carboxylic acids is 2. The predicted octanol–water partition coefficient (Wildman–Crippen LogP) is 5.46. The summed E-state index contributed by atoms with van der Waals surface area (Å²) in [6, 6.07) is 11.4. The zero-order valence-electron chi connectivity index (χ0n) is 30.3. The van der Waals surface area contributed by atoms with Crippen LogP contribution in [-0.4, -0.2) is 97.8 Å². The molecule has 20 heteroatoms. The maximum absolute atomic E-state index is 13.8. The van der Waals surface area contributed by atoms with Gasteiger partial charge in [-0.15, -0.1) is 22.7 Å². The number of benzene rings is 2. The molecule has 4 N–H and O–H groups in total. The Kier molecular flexibility index (Phi) is 10.2. The van der Waals surface area contributed by atoms with E-state index in [2.05, 4.69) is 10.6 Å². The zero-order chi connectivity index (χ0) is 40.2. The monoisotopic (exact) mass is 856 g/mol. The smallest absolute Gasteiger partial charge is 0.288 e. The molecule has 8 rings (SSSR count). The molecule has 4 aliphatic rings. The zero-order valence-corrected chi connectivity index (χ0v) is 33.5. The number of carbonyl (C=O) groups is 2. The predicted molar refractivity (Wildman–Crippen MR) is 213 cm³/mol. The van der Waals surface area contributed by atoms with Gasteiger partial charge in [0.15, 0.2) is 33.7 Å². The number of nitrogens with zero attached hydrogens (tertiary/aromatic N) is 2. The fourth-order valence-corrected chi connectivity index (χ4v) is 10.8. The Balaban J connectivity index is 0.983. The lowest BCUT2D eigenvalue weighted by Crippen LogP contribution is -2.46. The quantitative estimate of drug-likeness (QED) is 0.103. The van der Waals surface area contributed by atoms with E-state index in [-0.39, 0.29) is 71.6 Å². The molecule has 2 aromatic carbocycles. The third kappa shape index (κ3) is 7.32. The molecular formula is C37H36N4O12S4. The molecule has 16 nitrogen and oxygen atoms in total. The summed E-state index contributed by atoms with van der Waals surface area (Å²) in [5, 5.41) is 6.43. The maximum Gasteiger partial charge on any atom is 0.288 e. The van der Waals surface area contributed by atoms with Gasteiger partial charge >= 0.3 is 0 Å². The van der Waals surface area contributed by atoms with Crippen LogP contribution in [0.15, 0.2) is 71.7 Å². The second kappa shape index (κ2) is 15.0. The molecule has 4 aromatic rings. The van der Waals surface area contributed by atoms with Gasteiger partial charge in [-0.05, 0) is 59.0 Å². The molecule has 300 valence electrons. The second-order valence-corrected chi connectivity index (χ2v) is 18.5. The Labute approximate surface area is 335 Å². The van der Waals surface area contributed by atoms with Crippen LogP contribution >= 0.6 is 22.7 Å². The summed E-state index contributed by atoms with van der Waals surface area (Å²) in [5.41, 5.74) is 2.06. The van der Waals surface area contributed by atoms with E-state index >= 15 is 0 Å². The number of anilines is 2. The van der Waals surface area contributed by atoms with Gasteiger partial charge < -0.3 is 39.4 Å². The van der Waals surface area contributed by atoms with E-state index in [9.17, 15) is 35.5 Å². The van der Waals surface area contributed by atoms with Crippen molar-refractivity contribution < 1.29 is 54.5 Å². The highest BCUT2D eigenvalue weighted by Crippen LogP contribution is 2.44. The van der Waals surface area contributed by atoms with Crippen LogP contribution in [0.4, 0.5) is 11.4 Å². The van der Waals surface area contributed by atoms with Gasteiger partial charge in [-0.3, -0.25) is 18.7 Å². The highest BCUT2D eigenvalue weighted by molar-refractivity contribution is 7.86. The van der Waals surface area contributed by atoms with Gasteiger partial charge in [0.1, 0.15) is 0 Å². The first-order chi connectivity index (χ1) is 27.2. The Morgan fingerprint density at radius 3 is 1.46 bits per heavy atom. The van der Waals surface area contributed by atoms with Crippen LogP contribution in [0.2, 0.25) is 0 Å². The second-order valence-electron chi connectivity index (χ2n) is 13.5. The summed E-state index contributed by atoms with van der Waals surface area (Å²) in [6.45, 7) is 0.133. The molecule has 0 radical (unpaired) electrons. The van der Waals surface area contributed by atoms with Crippen LogP contribution in [0.3, 0.4) is 0 Å². The number of nitrogens with one attached hydrogen (secondary N) is 2. The lowest BCUT2D eigenvalue weighted by Gasteiger charge is -2.26. The van der Waals surface area contributed by atoms with E-state index < -0.39 is 54.9 Å².